The third-order valence-electron chi connectivity index (χ3n) is 6.08. The number of nitrogens with zero attached hydrogens (tertiary/aromatic N) is 1. The molecule has 4 heteroatoms. The second-order valence-electron chi connectivity index (χ2n) is 7.79. The molecule has 1 aromatic heterocycles. The third-order valence-corrected chi connectivity index (χ3v) is 6.08. The van der Waals surface area contributed by atoms with Gasteiger partial charge in [0.05, 0.1) is 13.4 Å². The predicted octanol–water partition coefficient (Wildman–Crippen LogP) is 5.08. The molecule has 2 aliphatic rings. The van der Waals surface area contributed by atoms with Crippen LogP contribution in [-0.2, 0) is 12.8 Å². The summed E-state index contributed by atoms with van der Waals surface area (Å²) in [5.41, 5.74) is 3.06. The number of furan rings is 1. The smallest absolute Gasteiger partial charge is 0.119 e. The van der Waals surface area contributed by atoms with Crippen LogP contribution in [0.4, 0.5) is 0 Å². The van der Waals surface area contributed by atoms with E-state index < -0.39 is 0 Å². The molecule has 0 spiro atoms. The van der Waals surface area contributed by atoms with Crippen LogP contribution in [0.1, 0.15) is 49.0 Å². The zero-order chi connectivity index (χ0) is 17.2. The van der Waals surface area contributed by atoms with Gasteiger partial charge < -0.3 is 9.15 Å². The highest BCUT2D eigenvalue weighted by Crippen LogP contribution is 2.42. The van der Waals surface area contributed by atoms with Gasteiger partial charge in [-0.1, -0.05) is 13.0 Å². The Morgan fingerprint density at radius 1 is 1.27 bits per heavy atom. The van der Waals surface area contributed by atoms with Crippen LogP contribution in [0.3, 0.4) is 0 Å². The van der Waals surface area contributed by atoms with Gasteiger partial charge in [-0.15, -0.1) is 12.4 Å². The fourth-order valence-corrected chi connectivity index (χ4v) is 4.92. The lowest BCUT2D eigenvalue weighted by Crippen LogP contribution is -2.38. The Bertz CT molecular complexity index is 700. The molecule has 0 radical (unpaired) electrons. The van der Waals surface area contributed by atoms with Gasteiger partial charge in [0.15, 0.2) is 0 Å². The number of hydrogen-bond donors (Lipinski definition) is 0. The molecule has 0 N–H and O–H groups in total. The summed E-state index contributed by atoms with van der Waals surface area (Å²) >= 11 is 0. The molecule has 0 bridgehead atoms. The summed E-state index contributed by atoms with van der Waals surface area (Å²) in [5, 5.41) is 0. The molecule has 0 amide bonds. The molecule has 1 aliphatic carbocycles. The first kappa shape index (κ1) is 19.3. The predicted molar refractivity (Wildman–Crippen MR) is 107 cm³/mol. The topological polar surface area (TPSA) is 25.6 Å². The number of likely N-dealkylation sites (tertiary alicyclic amines) is 1. The van der Waals surface area contributed by atoms with E-state index in [4.69, 9.17) is 9.15 Å². The van der Waals surface area contributed by atoms with Crippen LogP contribution in [0.15, 0.2) is 41.0 Å². The number of fused-ring (bicyclic) bond motifs is 1. The van der Waals surface area contributed by atoms with Crippen molar-refractivity contribution in [1.29, 1.82) is 0 Å². The monoisotopic (exact) mass is 375 g/mol. The van der Waals surface area contributed by atoms with Gasteiger partial charge in [-0.25, -0.2) is 0 Å². The van der Waals surface area contributed by atoms with Crippen molar-refractivity contribution in [3.8, 4) is 5.75 Å². The van der Waals surface area contributed by atoms with E-state index in [1.54, 1.807) is 18.9 Å². The second kappa shape index (κ2) is 8.49. The first-order chi connectivity index (χ1) is 12.2. The molecule has 1 aliphatic heterocycles. The fourth-order valence-electron chi connectivity index (χ4n) is 4.92. The first-order valence-corrected chi connectivity index (χ1v) is 9.68. The number of rotatable bonds is 5. The van der Waals surface area contributed by atoms with Crippen LogP contribution in [0.5, 0.6) is 5.75 Å². The van der Waals surface area contributed by atoms with E-state index >= 15 is 0 Å². The van der Waals surface area contributed by atoms with Crippen molar-refractivity contribution in [3.63, 3.8) is 0 Å². The number of methoxy groups -OCH3 is 1. The van der Waals surface area contributed by atoms with Crippen molar-refractivity contribution in [1.82, 2.24) is 4.90 Å². The number of benzene rings is 1. The molecule has 3 unspecified atom stereocenters. The van der Waals surface area contributed by atoms with Crippen LogP contribution < -0.4 is 4.74 Å². The summed E-state index contributed by atoms with van der Waals surface area (Å²) in [6.45, 7) is 4.73. The summed E-state index contributed by atoms with van der Waals surface area (Å²) in [5.74, 6) is 3.50. The zero-order valence-electron chi connectivity index (χ0n) is 15.8. The van der Waals surface area contributed by atoms with Crippen LogP contribution >= 0.6 is 12.4 Å². The van der Waals surface area contributed by atoms with Crippen molar-refractivity contribution < 1.29 is 9.15 Å². The standard InChI is InChI=1S/C22H29NO2.ClH/c1-16-13-17-15-19(24-2)7-8-20(17)21(14-16)22-6-3-10-23(22)11-9-18-5-4-12-25-18;/h4-5,7-8,12,15-16,21-22H,3,6,9-11,13-14H2,1-2H3;1H. The minimum absolute atomic E-state index is 0. The summed E-state index contributed by atoms with van der Waals surface area (Å²) in [7, 11) is 1.76. The minimum Gasteiger partial charge on any atom is -0.497 e. The molecule has 3 atom stereocenters. The first-order valence-electron chi connectivity index (χ1n) is 9.68. The highest BCUT2D eigenvalue weighted by Gasteiger charge is 2.36. The molecular weight excluding hydrogens is 346 g/mol. The van der Waals surface area contributed by atoms with E-state index in [1.165, 1.54) is 37.8 Å². The molecular formula is C22H30ClNO2. The van der Waals surface area contributed by atoms with Crippen LogP contribution in [-0.4, -0.2) is 31.1 Å². The average molecular weight is 376 g/mol. The van der Waals surface area contributed by atoms with Gasteiger partial charge in [0.2, 0.25) is 0 Å². The van der Waals surface area contributed by atoms with Crippen molar-refractivity contribution in [2.45, 2.75) is 51.0 Å². The lowest BCUT2D eigenvalue weighted by molar-refractivity contribution is 0.200. The van der Waals surface area contributed by atoms with Gasteiger partial charge in [-0.05, 0) is 79.5 Å². The molecule has 3 nitrogen and oxygen atoms in total. The van der Waals surface area contributed by atoms with Gasteiger partial charge in [-0.3, -0.25) is 4.90 Å². The van der Waals surface area contributed by atoms with E-state index in [-0.39, 0.29) is 12.4 Å². The maximum absolute atomic E-state index is 5.53. The molecule has 1 fully saturated rings. The highest BCUT2D eigenvalue weighted by molar-refractivity contribution is 5.85. The van der Waals surface area contributed by atoms with Crippen LogP contribution in [0.2, 0.25) is 0 Å². The minimum atomic E-state index is 0. The van der Waals surface area contributed by atoms with Gasteiger partial charge in [-0.2, -0.15) is 0 Å². The van der Waals surface area contributed by atoms with E-state index in [9.17, 15) is 0 Å². The average Bonchev–Trinajstić information content (AvgIpc) is 3.30. The molecule has 2 aromatic rings. The normalized spacial score (nSPS) is 25.5. The van der Waals surface area contributed by atoms with Crippen molar-refractivity contribution in [2.75, 3.05) is 20.2 Å². The molecule has 1 aromatic carbocycles. The Morgan fingerprint density at radius 2 is 2.15 bits per heavy atom. The van der Waals surface area contributed by atoms with Crippen molar-refractivity contribution >= 4 is 12.4 Å². The van der Waals surface area contributed by atoms with Crippen LogP contribution in [0, 0.1) is 5.92 Å². The van der Waals surface area contributed by atoms with Gasteiger partial charge in [0, 0.05) is 19.0 Å². The van der Waals surface area contributed by atoms with Gasteiger partial charge in [0.25, 0.3) is 0 Å². The Labute approximate surface area is 163 Å². The summed E-state index contributed by atoms with van der Waals surface area (Å²) in [6, 6.07) is 11.5. The quantitative estimate of drug-likeness (QED) is 0.728. The number of halogens is 1. The SMILES string of the molecule is COc1ccc2c(c1)CC(C)CC2C1CCCN1CCc1ccco1.Cl. The fraction of sp³-hybridized carbons (Fsp3) is 0.545. The third kappa shape index (κ3) is 3.94. The maximum Gasteiger partial charge on any atom is 0.119 e. The maximum atomic E-state index is 5.53. The zero-order valence-corrected chi connectivity index (χ0v) is 16.6. The van der Waals surface area contributed by atoms with Crippen LogP contribution in [0.25, 0.3) is 0 Å². The molecule has 0 saturated carbocycles. The largest absolute Gasteiger partial charge is 0.497 e. The van der Waals surface area contributed by atoms with Crippen molar-refractivity contribution in [2.24, 2.45) is 5.92 Å². The Morgan fingerprint density at radius 3 is 2.92 bits per heavy atom. The second-order valence-corrected chi connectivity index (χ2v) is 7.79. The molecule has 4 rings (SSSR count). The number of hydrogen-bond acceptors (Lipinski definition) is 3. The summed E-state index contributed by atoms with van der Waals surface area (Å²) in [4.78, 5) is 2.71. The molecule has 26 heavy (non-hydrogen) atoms. The van der Waals surface area contributed by atoms with Crippen molar-refractivity contribution in [3.05, 3.63) is 53.5 Å². The Balaban J connectivity index is 0.00000196. The lowest BCUT2D eigenvalue weighted by atomic mass is 9.73. The Hall–Kier alpha value is -1.45. The van der Waals surface area contributed by atoms with Gasteiger partial charge in [0.1, 0.15) is 11.5 Å². The van der Waals surface area contributed by atoms with E-state index in [0.29, 0.717) is 12.0 Å². The Kier molecular flexibility index (Phi) is 6.31. The highest BCUT2D eigenvalue weighted by atomic mass is 35.5. The molecule has 142 valence electrons. The van der Waals surface area contributed by atoms with Gasteiger partial charge >= 0.3 is 0 Å². The lowest BCUT2D eigenvalue weighted by Gasteiger charge is -2.38. The summed E-state index contributed by atoms with van der Waals surface area (Å²) < 4.78 is 11.0. The number of ether oxygens (including phenoxy) is 1. The van der Waals surface area contributed by atoms with E-state index in [0.717, 1.165) is 30.4 Å². The van der Waals surface area contributed by atoms with E-state index in [1.807, 2.05) is 6.07 Å². The van der Waals surface area contributed by atoms with E-state index in [2.05, 4.69) is 36.1 Å². The molecule has 1 saturated heterocycles. The molecule has 2 heterocycles. The summed E-state index contributed by atoms with van der Waals surface area (Å²) in [6.07, 6.45) is 7.92.